The van der Waals surface area contributed by atoms with Crippen LogP contribution in [0.3, 0.4) is 0 Å². The van der Waals surface area contributed by atoms with Gasteiger partial charge in [-0.2, -0.15) is 0 Å². The summed E-state index contributed by atoms with van der Waals surface area (Å²) in [5, 5.41) is 0.612. The molecule has 0 amide bonds. The molecule has 0 spiro atoms. The van der Waals surface area contributed by atoms with E-state index in [0.717, 1.165) is 15.1 Å². The molecular formula is C11H10ClIN2O. The van der Waals surface area contributed by atoms with Gasteiger partial charge in [0.15, 0.2) is 0 Å². The van der Waals surface area contributed by atoms with E-state index in [2.05, 4.69) is 27.6 Å². The molecule has 84 valence electrons. The summed E-state index contributed by atoms with van der Waals surface area (Å²) in [4.78, 5) is 4.16. The van der Waals surface area contributed by atoms with E-state index >= 15 is 0 Å². The van der Waals surface area contributed by atoms with E-state index in [9.17, 15) is 0 Å². The minimum Gasteiger partial charge on any atom is -0.486 e. The fourth-order valence-electron chi connectivity index (χ4n) is 1.26. The molecule has 2 aromatic rings. The predicted molar refractivity (Wildman–Crippen MR) is 71.7 cm³/mol. The third kappa shape index (κ3) is 2.68. The Morgan fingerprint density at radius 1 is 1.50 bits per heavy atom. The maximum Gasteiger partial charge on any atom is 0.147 e. The van der Waals surface area contributed by atoms with Gasteiger partial charge in [-0.25, -0.2) is 4.98 Å². The average Bonchev–Trinajstić information content (AvgIpc) is 2.57. The van der Waals surface area contributed by atoms with Crippen LogP contribution in [-0.2, 0) is 13.7 Å². The predicted octanol–water partition coefficient (Wildman–Crippen LogP) is 3.26. The fourth-order valence-corrected chi connectivity index (χ4v) is 1.92. The highest BCUT2D eigenvalue weighted by Gasteiger charge is 2.04. The third-order valence-electron chi connectivity index (χ3n) is 2.19. The summed E-state index contributed by atoms with van der Waals surface area (Å²) in [7, 11) is 1.86. The van der Waals surface area contributed by atoms with E-state index in [-0.39, 0.29) is 0 Å². The summed E-state index contributed by atoms with van der Waals surface area (Å²) >= 11 is 8.13. The zero-order valence-corrected chi connectivity index (χ0v) is 11.6. The first-order valence-electron chi connectivity index (χ1n) is 4.71. The SMILES string of the molecule is Cn1c(Cl)cnc1COc1cccc(I)c1. The Labute approximate surface area is 113 Å². The lowest BCUT2D eigenvalue weighted by Crippen LogP contribution is -2.03. The molecule has 0 saturated carbocycles. The van der Waals surface area contributed by atoms with Gasteiger partial charge in [-0.1, -0.05) is 17.7 Å². The molecule has 0 N–H and O–H groups in total. The molecule has 0 aliphatic carbocycles. The van der Waals surface area contributed by atoms with Crippen LogP contribution in [0.2, 0.25) is 5.15 Å². The zero-order valence-electron chi connectivity index (χ0n) is 8.65. The van der Waals surface area contributed by atoms with Crippen molar-refractivity contribution in [2.24, 2.45) is 7.05 Å². The van der Waals surface area contributed by atoms with Crippen LogP contribution in [-0.4, -0.2) is 9.55 Å². The smallest absolute Gasteiger partial charge is 0.147 e. The highest BCUT2D eigenvalue weighted by molar-refractivity contribution is 14.1. The molecule has 1 aromatic heterocycles. The van der Waals surface area contributed by atoms with Crippen molar-refractivity contribution in [3.8, 4) is 5.75 Å². The maximum absolute atomic E-state index is 5.88. The minimum absolute atomic E-state index is 0.420. The van der Waals surface area contributed by atoms with Gasteiger partial charge in [0, 0.05) is 10.6 Å². The van der Waals surface area contributed by atoms with Gasteiger partial charge in [0.2, 0.25) is 0 Å². The lowest BCUT2D eigenvalue weighted by Gasteiger charge is -2.06. The number of aromatic nitrogens is 2. The first kappa shape index (κ1) is 11.7. The Hall–Kier alpha value is -0.750. The van der Waals surface area contributed by atoms with E-state index in [1.54, 1.807) is 10.8 Å². The van der Waals surface area contributed by atoms with Gasteiger partial charge < -0.3 is 9.30 Å². The lowest BCUT2D eigenvalue weighted by atomic mass is 10.3. The molecule has 1 aromatic carbocycles. The highest BCUT2D eigenvalue weighted by atomic mass is 127. The van der Waals surface area contributed by atoms with Crippen LogP contribution >= 0.6 is 34.2 Å². The molecule has 16 heavy (non-hydrogen) atoms. The van der Waals surface area contributed by atoms with Gasteiger partial charge in [-0.15, -0.1) is 0 Å². The van der Waals surface area contributed by atoms with Gasteiger partial charge in [0.1, 0.15) is 23.3 Å². The number of hydrogen-bond donors (Lipinski definition) is 0. The van der Waals surface area contributed by atoms with Crippen LogP contribution in [0.1, 0.15) is 5.82 Å². The first-order valence-corrected chi connectivity index (χ1v) is 6.17. The monoisotopic (exact) mass is 348 g/mol. The van der Waals surface area contributed by atoms with E-state index in [1.165, 1.54) is 0 Å². The van der Waals surface area contributed by atoms with Gasteiger partial charge in [0.25, 0.3) is 0 Å². The lowest BCUT2D eigenvalue weighted by molar-refractivity contribution is 0.291. The molecule has 0 aliphatic heterocycles. The molecule has 0 fully saturated rings. The molecule has 0 saturated heterocycles. The standard InChI is InChI=1S/C11H10ClIN2O/c1-15-10(12)6-14-11(15)7-16-9-4-2-3-8(13)5-9/h2-6H,7H2,1H3. The third-order valence-corrected chi connectivity index (χ3v) is 3.21. The second kappa shape index (κ2) is 5.05. The van der Waals surface area contributed by atoms with Crippen LogP contribution in [0.4, 0.5) is 0 Å². The van der Waals surface area contributed by atoms with Gasteiger partial charge in [0.05, 0.1) is 6.20 Å². The van der Waals surface area contributed by atoms with Crippen LogP contribution in [0.5, 0.6) is 5.75 Å². The van der Waals surface area contributed by atoms with Gasteiger partial charge >= 0.3 is 0 Å². The van der Waals surface area contributed by atoms with Crippen molar-refractivity contribution >= 4 is 34.2 Å². The quantitative estimate of drug-likeness (QED) is 0.796. The zero-order chi connectivity index (χ0) is 11.5. The Balaban J connectivity index is 2.05. The molecule has 2 rings (SSSR count). The van der Waals surface area contributed by atoms with E-state index in [1.807, 2.05) is 31.3 Å². The molecule has 0 aliphatic rings. The average molecular weight is 349 g/mol. The molecule has 0 radical (unpaired) electrons. The number of rotatable bonds is 3. The first-order chi connectivity index (χ1) is 7.66. The summed E-state index contributed by atoms with van der Waals surface area (Å²) in [6.45, 7) is 0.420. The van der Waals surface area contributed by atoms with Crippen molar-refractivity contribution in [3.05, 3.63) is 45.0 Å². The summed E-state index contributed by atoms with van der Waals surface area (Å²) in [6, 6.07) is 7.88. The minimum atomic E-state index is 0.420. The molecular weight excluding hydrogens is 338 g/mol. The van der Waals surface area contributed by atoms with Crippen LogP contribution < -0.4 is 4.74 Å². The second-order valence-corrected chi connectivity index (χ2v) is 4.94. The topological polar surface area (TPSA) is 27.1 Å². The number of imidazole rings is 1. The van der Waals surface area contributed by atoms with Gasteiger partial charge in [-0.05, 0) is 40.8 Å². The van der Waals surface area contributed by atoms with Crippen molar-refractivity contribution < 1.29 is 4.74 Å². The molecule has 0 bridgehead atoms. The highest BCUT2D eigenvalue weighted by Crippen LogP contribution is 2.17. The summed E-state index contributed by atoms with van der Waals surface area (Å²) < 4.78 is 8.57. The molecule has 0 atom stereocenters. The van der Waals surface area contributed by atoms with Crippen molar-refractivity contribution in [2.45, 2.75) is 6.61 Å². The number of hydrogen-bond acceptors (Lipinski definition) is 2. The van der Waals surface area contributed by atoms with Crippen molar-refractivity contribution in [1.82, 2.24) is 9.55 Å². The van der Waals surface area contributed by atoms with Crippen molar-refractivity contribution in [1.29, 1.82) is 0 Å². The van der Waals surface area contributed by atoms with Crippen LogP contribution in [0.25, 0.3) is 0 Å². The van der Waals surface area contributed by atoms with E-state index in [4.69, 9.17) is 16.3 Å². The maximum atomic E-state index is 5.88. The molecule has 3 nitrogen and oxygen atoms in total. The van der Waals surface area contributed by atoms with E-state index < -0.39 is 0 Å². The fraction of sp³-hybridized carbons (Fsp3) is 0.182. The second-order valence-electron chi connectivity index (χ2n) is 3.30. The van der Waals surface area contributed by atoms with Crippen LogP contribution in [0, 0.1) is 3.57 Å². The Morgan fingerprint density at radius 2 is 2.31 bits per heavy atom. The number of benzene rings is 1. The molecule has 1 heterocycles. The summed E-state index contributed by atoms with van der Waals surface area (Å²) in [5.74, 6) is 1.65. The Bertz CT molecular complexity index is 498. The van der Waals surface area contributed by atoms with Crippen molar-refractivity contribution in [3.63, 3.8) is 0 Å². The Morgan fingerprint density at radius 3 is 2.94 bits per heavy atom. The Kier molecular flexibility index (Phi) is 3.70. The number of ether oxygens (including phenoxy) is 1. The summed E-state index contributed by atoms with van der Waals surface area (Å²) in [6.07, 6.45) is 1.62. The normalized spacial score (nSPS) is 10.4. The van der Waals surface area contributed by atoms with Crippen LogP contribution in [0.15, 0.2) is 30.5 Å². The van der Waals surface area contributed by atoms with E-state index in [0.29, 0.717) is 11.8 Å². The summed E-state index contributed by atoms with van der Waals surface area (Å²) in [5.41, 5.74) is 0. The molecule has 0 unspecified atom stereocenters. The number of halogens is 2. The van der Waals surface area contributed by atoms with Gasteiger partial charge in [-0.3, -0.25) is 0 Å². The largest absolute Gasteiger partial charge is 0.486 e. The molecule has 5 heteroatoms. The number of nitrogens with zero attached hydrogens (tertiary/aromatic N) is 2. The van der Waals surface area contributed by atoms with Crippen molar-refractivity contribution in [2.75, 3.05) is 0 Å².